The number of primary amides is 1. The molecule has 0 bridgehead atoms. The third kappa shape index (κ3) is 8.12. The number of carbonyl (C=O) groups is 3. The number of carbonyl (C=O) groups excluding carboxylic acids is 3. The van der Waals surface area contributed by atoms with Crippen LogP contribution in [0.2, 0.25) is 18.1 Å². The van der Waals surface area contributed by atoms with Gasteiger partial charge in [0.15, 0.2) is 0 Å². The van der Waals surface area contributed by atoms with Crippen molar-refractivity contribution in [1.29, 1.82) is 0 Å². The van der Waals surface area contributed by atoms with Crippen LogP contribution >= 0.6 is 0 Å². The van der Waals surface area contributed by atoms with Crippen LogP contribution in [0.4, 0.5) is 0 Å². The smallest absolute Gasteiger partial charge is 0.243 e. The van der Waals surface area contributed by atoms with Crippen LogP contribution in [0.5, 0.6) is 0 Å². The first-order chi connectivity index (χ1) is 13.3. The standard InChI is InChI=1S/C22H33N3O3Si/c1-16(26)24-19(15-17-11-8-7-9-12-17)21(28)25-18(20(23)27)13-10-14-29(5,6)22(2,3)4/h7-9,11-12,18-19H,13,15H2,1-6H3,(H2,23,27)(H,24,26)(H,25,28)/t18-,19-/m1/s1. The van der Waals surface area contributed by atoms with E-state index in [-0.39, 0.29) is 17.4 Å². The predicted molar refractivity (Wildman–Crippen MR) is 118 cm³/mol. The highest BCUT2D eigenvalue weighted by Crippen LogP contribution is 2.35. The summed E-state index contributed by atoms with van der Waals surface area (Å²) in [6, 6.07) is 7.64. The number of nitrogens with one attached hydrogen (secondary N) is 2. The van der Waals surface area contributed by atoms with Crippen LogP contribution in [0.25, 0.3) is 0 Å². The molecule has 4 N–H and O–H groups in total. The number of hydrogen-bond donors (Lipinski definition) is 3. The van der Waals surface area contributed by atoms with E-state index in [4.69, 9.17) is 5.73 Å². The topological polar surface area (TPSA) is 101 Å². The lowest BCUT2D eigenvalue weighted by atomic mass is 10.0. The van der Waals surface area contributed by atoms with Crippen molar-refractivity contribution in [1.82, 2.24) is 10.6 Å². The molecule has 1 rings (SSSR count). The van der Waals surface area contributed by atoms with Gasteiger partial charge in [0.2, 0.25) is 17.7 Å². The van der Waals surface area contributed by atoms with Crippen molar-refractivity contribution in [3.63, 3.8) is 0 Å². The van der Waals surface area contributed by atoms with Crippen molar-refractivity contribution in [3.8, 4) is 11.5 Å². The van der Waals surface area contributed by atoms with E-state index in [1.807, 2.05) is 30.3 Å². The quantitative estimate of drug-likeness (QED) is 0.470. The second-order valence-corrected chi connectivity index (χ2v) is 13.8. The molecule has 0 aliphatic carbocycles. The minimum absolute atomic E-state index is 0.0949. The monoisotopic (exact) mass is 415 g/mol. The van der Waals surface area contributed by atoms with E-state index in [9.17, 15) is 14.4 Å². The van der Waals surface area contributed by atoms with Gasteiger partial charge in [-0.25, -0.2) is 0 Å². The average Bonchev–Trinajstić information content (AvgIpc) is 2.59. The lowest BCUT2D eigenvalue weighted by Gasteiger charge is -2.31. The normalized spacial score (nSPS) is 13.4. The maximum atomic E-state index is 12.7. The molecule has 0 unspecified atom stereocenters. The summed E-state index contributed by atoms with van der Waals surface area (Å²) in [6.07, 6.45) is 0.457. The molecule has 0 heterocycles. The fourth-order valence-corrected chi connectivity index (χ4v) is 3.28. The van der Waals surface area contributed by atoms with Gasteiger partial charge in [0.25, 0.3) is 0 Å². The van der Waals surface area contributed by atoms with Crippen LogP contribution < -0.4 is 16.4 Å². The fourth-order valence-electron chi connectivity index (χ4n) is 2.36. The van der Waals surface area contributed by atoms with Crippen LogP contribution in [-0.4, -0.2) is 37.9 Å². The molecule has 158 valence electrons. The molecular weight excluding hydrogens is 382 g/mol. The Hall–Kier alpha value is -2.59. The number of hydrogen-bond acceptors (Lipinski definition) is 3. The molecule has 0 radical (unpaired) electrons. The second kappa shape index (κ2) is 10.3. The number of nitrogens with two attached hydrogens (primary N) is 1. The molecule has 7 heteroatoms. The van der Waals surface area contributed by atoms with Crippen molar-refractivity contribution in [3.05, 3.63) is 35.9 Å². The predicted octanol–water partition coefficient (Wildman–Crippen LogP) is 2.15. The summed E-state index contributed by atoms with van der Waals surface area (Å²) >= 11 is 0. The Morgan fingerprint density at radius 1 is 1.07 bits per heavy atom. The summed E-state index contributed by atoms with van der Waals surface area (Å²) in [4.78, 5) is 36.1. The van der Waals surface area contributed by atoms with Gasteiger partial charge in [-0.3, -0.25) is 14.4 Å². The molecule has 2 atom stereocenters. The van der Waals surface area contributed by atoms with Gasteiger partial charge in [-0.15, -0.1) is 11.5 Å². The summed E-state index contributed by atoms with van der Waals surface area (Å²) < 4.78 is 0. The Kier molecular flexibility index (Phi) is 8.65. The molecule has 29 heavy (non-hydrogen) atoms. The summed E-state index contributed by atoms with van der Waals surface area (Å²) in [6.45, 7) is 12.2. The SMILES string of the molecule is CC(=O)N[C@H](Cc1ccccc1)C(=O)N[C@H](CC#C[Si](C)(C)C(C)(C)C)C(N)=O. The number of amides is 3. The highest BCUT2D eigenvalue weighted by atomic mass is 28.3. The average molecular weight is 416 g/mol. The molecule has 1 aromatic rings. The van der Waals surface area contributed by atoms with E-state index < -0.39 is 32.0 Å². The summed E-state index contributed by atoms with van der Waals surface area (Å²) in [5.41, 5.74) is 9.69. The minimum Gasteiger partial charge on any atom is -0.368 e. The van der Waals surface area contributed by atoms with Gasteiger partial charge in [0, 0.05) is 19.8 Å². The first-order valence-corrected chi connectivity index (χ1v) is 12.7. The van der Waals surface area contributed by atoms with Gasteiger partial charge < -0.3 is 16.4 Å². The Morgan fingerprint density at radius 2 is 1.66 bits per heavy atom. The van der Waals surface area contributed by atoms with Crippen molar-refractivity contribution >= 4 is 25.8 Å². The Labute approximate surface area is 175 Å². The van der Waals surface area contributed by atoms with Crippen LogP contribution in [0.1, 0.15) is 39.7 Å². The van der Waals surface area contributed by atoms with E-state index in [1.54, 1.807) is 0 Å². The fraction of sp³-hybridized carbons (Fsp3) is 0.500. The lowest BCUT2D eigenvalue weighted by molar-refractivity contribution is -0.130. The van der Waals surface area contributed by atoms with Crippen LogP contribution in [0.3, 0.4) is 0 Å². The molecule has 0 spiro atoms. The van der Waals surface area contributed by atoms with Gasteiger partial charge >= 0.3 is 0 Å². The van der Waals surface area contributed by atoms with E-state index in [2.05, 4.69) is 56.0 Å². The van der Waals surface area contributed by atoms with Crippen LogP contribution in [0, 0.1) is 11.5 Å². The maximum Gasteiger partial charge on any atom is 0.243 e. The Morgan fingerprint density at radius 3 is 2.14 bits per heavy atom. The molecule has 3 amide bonds. The largest absolute Gasteiger partial charge is 0.368 e. The lowest BCUT2D eigenvalue weighted by Crippen LogP contribution is -2.53. The molecule has 0 saturated carbocycles. The molecule has 0 aromatic heterocycles. The molecule has 0 fully saturated rings. The van der Waals surface area contributed by atoms with Gasteiger partial charge in [-0.1, -0.05) is 64.2 Å². The first kappa shape index (κ1) is 24.4. The van der Waals surface area contributed by atoms with E-state index in [0.717, 1.165) is 5.56 Å². The minimum atomic E-state index is -1.82. The molecule has 1 aromatic carbocycles. The zero-order valence-electron chi connectivity index (χ0n) is 18.3. The Balaban J connectivity index is 2.90. The van der Waals surface area contributed by atoms with Crippen LogP contribution in [-0.2, 0) is 20.8 Å². The zero-order valence-corrected chi connectivity index (χ0v) is 19.3. The zero-order chi connectivity index (χ0) is 22.2. The highest BCUT2D eigenvalue weighted by molar-refractivity contribution is 6.87. The third-order valence-electron chi connectivity index (χ3n) is 5.22. The van der Waals surface area contributed by atoms with Gasteiger partial charge in [-0.2, -0.15) is 0 Å². The van der Waals surface area contributed by atoms with E-state index >= 15 is 0 Å². The molecular formula is C22H33N3O3Si. The highest BCUT2D eigenvalue weighted by Gasteiger charge is 2.33. The van der Waals surface area contributed by atoms with Crippen LogP contribution in [0.15, 0.2) is 30.3 Å². The summed E-state index contributed by atoms with van der Waals surface area (Å²) in [5, 5.41) is 5.39. The molecule has 0 aliphatic rings. The van der Waals surface area contributed by atoms with E-state index in [0.29, 0.717) is 6.42 Å². The Bertz CT molecular complexity index is 789. The summed E-state index contributed by atoms with van der Waals surface area (Å²) in [5.74, 6) is 1.63. The van der Waals surface area contributed by atoms with Gasteiger partial charge in [0.1, 0.15) is 20.2 Å². The van der Waals surface area contributed by atoms with E-state index in [1.165, 1.54) is 6.92 Å². The maximum absolute atomic E-state index is 12.7. The summed E-state index contributed by atoms with van der Waals surface area (Å²) in [7, 11) is -1.82. The van der Waals surface area contributed by atoms with Gasteiger partial charge in [-0.05, 0) is 10.6 Å². The third-order valence-corrected chi connectivity index (χ3v) is 9.77. The number of benzene rings is 1. The van der Waals surface area contributed by atoms with Crippen molar-refractivity contribution in [2.45, 2.75) is 70.8 Å². The first-order valence-electron chi connectivity index (χ1n) is 9.74. The number of rotatable bonds is 7. The van der Waals surface area contributed by atoms with Gasteiger partial charge in [0.05, 0.1) is 0 Å². The van der Waals surface area contributed by atoms with Crippen molar-refractivity contribution in [2.75, 3.05) is 0 Å². The van der Waals surface area contributed by atoms with Crippen molar-refractivity contribution in [2.24, 2.45) is 5.73 Å². The molecule has 6 nitrogen and oxygen atoms in total. The second-order valence-electron chi connectivity index (χ2n) is 8.79. The molecule has 0 saturated heterocycles. The molecule has 0 aliphatic heterocycles. The van der Waals surface area contributed by atoms with Crippen molar-refractivity contribution < 1.29 is 14.4 Å².